The fourth-order valence-corrected chi connectivity index (χ4v) is 9.03. The van der Waals surface area contributed by atoms with Crippen LogP contribution in [-0.4, -0.2) is 104 Å². The molecule has 1 saturated heterocycles. The summed E-state index contributed by atoms with van der Waals surface area (Å²) in [6.07, 6.45) is 3.86. The number of rotatable bonds is 17. The summed E-state index contributed by atoms with van der Waals surface area (Å²) >= 11 is 1.65. The number of aromatic nitrogens is 3. The zero-order valence-electron chi connectivity index (χ0n) is 33.2. The SMILES string of the molecule is COc1ccc(-c2ncccc2CN2CCN(c3ccc4c(NS(=O)(=O)c5ccc(N[C@H](CCN(C)C)CSc6ccccc6)c([N+](=O)[O-])c5)ncnc4c3)CC2)cc1. The van der Waals surface area contributed by atoms with Crippen molar-refractivity contribution < 1.29 is 18.1 Å². The number of hydrogen-bond donors (Lipinski definition) is 2. The summed E-state index contributed by atoms with van der Waals surface area (Å²) in [4.78, 5) is 32.8. The van der Waals surface area contributed by atoms with Crippen LogP contribution >= 0.6 is 11.8 Å². The number of anilines is 3. The molecule has 0 bridgehead atoms. The molecule has 1 atom stereocenters. The summed E-state index contributed by atoms with van der Waals surface area (Å²) in [7, 11) is 1.34. The van der Waals surface area contributed by atoms with Crippen LogP contribution in [0.2, 0.25) is 0 Å². The monoisotopic (exact) mass is 833 g/mol. The van der Waals surface area contributed by atoms with E-state index in [1.165, 1.54) is 18.5 Å². The lowest BCUT2D eigenvalue weighted by molar-refractivity contribution is -0.384. The third-order valence-electron chi connectivity index (χ3n) is 10.2. The van der Waals surface area contributed by atoms with Gasteiger partial charge >= 0.3 is 0 Å². The number of pyridine rings is 1. The molecule has 0 amide bonds. The fraction of sp³-hybridized carbons (Fsp3) is 0.279. The number of benzene rings is 4. The molecule has 2 N–H and O–H groups in total. The lowest BCUT2D eigenvalue weighted by Crippen LogP contribution is -2.46. The number of nitro groups is 1. The summed E-state index contributed by atoms with van der Waals surface area (Å²) in [5.74, 6) is 1.55. The van der Waals surface area contributed by atoms with Crippen molar-refractivity contribution in [3.63, 3.8) is 0 Å². The molecular weight excluding hydrogens is 787 g/mol. The van der Waals surface area contributed by atoms with Crippen LogP contribution in [0.4, 0.5) is 22.9 Å². The molecule has 7 rings (SSSR count). The van der Waals surface area contributed by atoms with Crippen molar-refractivity contribution in [2.24, 2.45) is 0 Å². The smallest absolute Gasteiger partial charge is 0.293 e. The normalized spacial score (nSPS) is 14.0. The second kappa shape index (κ2) is 18.8. The Morgan fingerprint density at radius 1 is 0.915 bits per heavy atom. The quantitative estimate of drug-likeness (QED) is 0.0538. The van der Waals surface area contributed by atoms with Gasteiger partial charge < -0.3 is 19.9 Å². The second-order valence-corrected chi connectivity index (χ2v) is 17.3. The van der Waals surface area contributed by atoms with E-state index >= 15 is 0 Å². The first kappa shape index (κ1) is 41.4. The first-order chi connectivity index (χ1) is 28.6. The van der Waals surface area contributed by atoms with Gasteiger partial charge in [-0.05, 0) is 105 Å². The summed E-state index contributed by atoms with van der Waals surface area (Å²) in [5, 5.41) is 16.1. The molecule has 1 fully saturated rings. The Bertz CT molecular complexity index is 2480. The second-order valence-electron chi connectivity index (χ2n) is 14.5. The minimum atomic E-state index is -4.27. The van der Waals surface area contributed by atoms with E-state index in [-0.39, 0.29) is 28.1 Å². The van der Waals surface area contributed by atoms with Gasteiger partial charge in [-0.2, -0.15) is 0 Å². The highest BCUT2D eigenvalue weighted by Gasteiger charge is 2.25. The van der Waals surface area contributed by atoms with Gasteiger partial charge in [0.25, 0.3) is 15.7 Å². The average molecular weight is 834 g/mol. The molecule has 14 nitrogen and oxygen atoms in total. The highest BCUT2D eigenvalue weighted by Crippen LogP contribution is 2.33. The van der Waals surface area contributed by atoms with Gasteiger partial charge in [-0.3, -0.25) is 24.7 Å². The first-order valence-corrected chi connectivity index (χ1v) is 21.7. The van der Waals surface area contributed by atoms with Crippen LogP contribution in [0.25, 0.3) is 22.2 Å². The van der Waals surface area contributed by atoms with Gasteiger partial charge in [-0.1, -0.05) is 24.3 Å². The van der Waals surface area contributed by atoms with Crippen molar-refractivity contribution in [1.82, 2.24) is 24.8 Å². The van der Waals surface area contributed by atoms with Crippen LogP contribution in [0.3, 0.4) is 0 Å². The largest absolute Gasteiger partial charge is 0.497 e. The van der Waals surface area contributed by atoms with Crippen LogP contribution in [0.1, 0.15) is 12.0 Å². The van der Waals surface area contributed by atoms with Crippen LogP contribution < -0.4 is 19.7 Å². The number of sulfonamides is 1. The number of piperazine rings is 1. The molecule has 0 saturated carbocycles. The van der Waals surface area contributed by atoms with Gasteiger partial charge in [0, 0.05) is 78.3 Å². The van der Waals surface area contributed by atoms with E-state index in [1.54, 1.807) is 18.9 Å². The van der Waals surface area contributed by atoms with E-state index < -0.39 is 14.9 Å². The van der Waals surface area contributed by atoms with Crippen molar-refractivity contribution >= 4 is 55.6 Å². The maximum Gasteiger partial charge on any atom is 0.293 e. The number of methoxy groups -OCH3 is 1. The van der Waals surface area contributed by atoms with Gasteiger partial charge in [-0.15, -0.1) is 11.8 Å². The molecule has 0 spiro atoms. The molecule has 1 aliphatic rings. The van der Waals surface area contributed by atoms with Crippen LogP contribution in [0.5, 0.6) is 5.75 Å². The zero-order valence-corrected chi connectivity index (χ0v) is 34.8. The Morgan fingerprint density at radius 3 is 2.42 bits per heavy atom. The third-order valence-corrected chi connectivity index (χ3v) is 12.7. The van der Waals surface area contributed by atoms with E-state index in [2.05, 4.69) is 40.8 Å². The molecule has 3 heterocycles. The lowest BCUT2D eigenvalue weighted by atomic mass is 10.0. The topological polar surface area (TPSA) is 159 Å². The van der Waals surface area contributed by atoms with E-state index in [0.717, 1.165) is 84.9 Å². The molecule has 0 aliphatic carbocycles. The summed E-state index contributed by atoms with van der Waals surface area (Å²) < 4.78 is 35.4. The average Bonchev–Trinajstić information content (AvgIpc) is 3.25. The highest BCUT2D eigenvalue weighted by atomic mass is 32.2. The number of fused-ring (bicyclic) bond motifs is 1. The number of nitrogens with one attached hydrogen (secondary N) is 2. The number of hydrogen-bond acceptors (Lipinski definition) is 13. The van der Waals surface area contributed by atoms with Gasteiger partial charge in [0.2, 0.25) is 0 Å². The summed E-state index contributed by atoms with van der Waals surface area (Å²) in [6, 6.07) is 31.5. The van der Waals surface area contributed by atoms with Crippen molar-refractivity contribution in [2.45, 2.75) is 28.8 Å². The number of nitrogens with zero attached hydrogens (tertiary/aromatic N) is 7. The Kier molecular flexibility index (Phi) is 13.2. The predicted molar refractivity (Wildman–Crippen MR) is 235 cm³/mol. The summed E-state index contributed by atoms with van der Waals surface area (Å²) in [5.41, 5.74) is 4.61. The number of ether oxygens (including phenoxy) is 1. The van der Waals surface area contributed by atoms with Crippen molar-refractivity contribution in [3.8, 4) is 17.0 Å². The third kappa shape index (κ3) is 10.4. The Labute approximate surface area is 348 Å². The molecule has 2 aromatic heterocycles. The zero-order chi connectivity index (χ0) is 41.4. The van der Waals surface area contributed by atoms with Gasteiger partial charge in [0.15, 0.2) is 5.82 Å². The molecule has 306 valence electrons. The van der Waals surface area contributed by atoms with Crippen molar-refractivity contribution in [3.05, 3.63) is 131 Å². The van der Waals surface area contributed by atoms with E-state index in [9.17, 15) is 18.5 Å². The highest BCUT2D eigenvalue weighted by molar-refractivity contribution is 7.99. The number of nitro benzene ring substituents is 1. The molecule has 0 radical (unpaired) electrons. The van der Waals surface area contributed by atoms with Crippen LogP contribution in [0.15, 0.2) is 125 Å². The molecule has 0 unspecified atom stereocenters. The minimum absolute atomic E-state index is 0.0852. The van der Waals surface area contributed by atoms with E-state index in [1.807, 2.05) is 99.2 Å². The molecule has 16 heteroatoms. The van der Waals surface area contributed by atoms with Crippen LogP contribution in [-0.2, 0) is 16.6 Å². The Balaban J connectivity index is 1.02. The van der Waals surface area contributed by atoms with Gasteiger partial charge in [-0.25, -0.2) is 18.4 Å². The van der Waals surface area contributed by atoms with Crippen LogP contribution in [0, 0.1) is 10.1 Å². The predicted octanol–water partition coefficient (Wildman–Crippen LogP) is 7.26. The molecule has 4 aromatic carbocycles. The number of thioether (sulfide) groups is 1. The minimum Gasteiger partial charge on any atom is -0.497 e. The Morgan fingerprint density at radius 2 is 1.69 bits per heavy atom. The van der Waals surface area contributed by atoms with Crippen molar-refractivity contribution in [2.75, 3.05) is 74.6 Å². The maximum absolute atomic E-state index is 13.7. The van der Waals surface area contributed by atoms with Gasteiger partial charge in [0.05, 0.1) is 28.1 Å². The first-order valence-electron chi connectivity index (χ1n) is 19.3. The summed E-state index contributed by atoms with van der Waals surface area (Å²) in [6.45, 7) is 4.80. The van der Waals surface area contributed by atoms with E-state index in [4.69, 9.17) is 9.72 Å². The lowest BCUT2D eigenvalue weighted by Gasteiger charge is -2.36. The molecular formula is C43H47N9O5S2. The molecule has 59 heavy (non-hydrogen) atoms. The standard InChI is InChI=1S/C43H47N9O5S2/c1-49(2)21-19-33(29-58-36-9-5-4-6-10-36)47-39-18-16-37(27-41(39)52(53)54)59(55,56)48-43-38-17-13-34(26-40(38)45-30-46-43)51-24-22-50(23-25-51)28-32-8-7-20-44-42(32)31-11-14-35(57-3)15-12-31/h4-18,20,26-27,30,33,47H,19,21-25,28-29H2,1-3H3,(H,45,46,48)/t33-/m1/s1. The van der Waals surface area contributed by atoms with E-state index in [0.29, 0.717) is 16.7 Å². The molecule has 6 aromatic rings. The maximum atomic E-state index is 13.7. The van der Waals surface area contributed by atoms with Crippen molar-refractivity contribution in [1.29, 1.82) is 0 Å². The fourth-order valence-electron chi connectivity index (χ4n) is 6.99. The van der Waals surface area contributed by atoms with Gasteiger partial charge in [0.1, 0.15) is 17.8 Å². The Hall–Kier alpha value is -5.81. The molecule has 1 aliphatic heterocycles.